The molecule has 22 heavy (non-hydrogen) atoms. The molecule has 0 spiro atoms. The maximum Gasteiger partial charge on any atom is 0.259 e. The Kier molecular flexibility index (Phi) is 2.94. The number of imide groups is 1. The van der Waals surface area contributed by atoms with E-state index in [4.69, 9.17) is 4.84 Å². The Hall–Kier alpha value is -2.66. The monoisotopic (exact) mass is 294 g/mol. The number of nitrogens with one attached hydrogen (secondary N) is 1. The lowest BCUT2D eigenvalue weighted by atomic mass is 9.91. The number of benzene rings is 2. The predicted molar refractivity (Wildman–Crippen MR) is 79.6 cm³/mol. The minimum atomic E-state index is -0.766. The van der Waals surface area contributed by atoms with Crippen LogP contribution in [0.1, 0.15) is 11.6 Å². The van der Waals surface area contributed by atoms with Crippen LogP contribution in [0.25, 0.3) is 0 Å². The Morgan fingerprint density at radius 2 is 1.50 bits per heavy atom. The van der Waals surface area contributed by atoms with Crippen molar-refractivity contribution in [2.75, 3.05) is 5.06 Å². The average molecular weight is 294 g/mol. The molecule has 2 saturated heterocycles. The van der Waals surface area contributed by atoms with Crippen LogP contribution in [0.4, 0.5) is 5.69 Å². The second-order valence-corrected chi connectivity index (χ2v) is 5.42. The highest BCUT2D eigenvalue weighted by atomic mass is 16.7. The molecule has 0 radical (unpaired) electrons. The molecule has 2 fully saturated rings. The number of nitrogens with zero attached hydrogens (tertiary/aromatic N) is 1. The van der Waals surface area contributed by atoms with Crippen LogP contribution in [-0.4, -0.2) is 17.9 Å². The molecule has 4 rings (SSSR count). The van der Waals surface area contributed by atoms with Crippen LogP contribution in [0.3, 0.4) is 0 Å². The van der Waals surface area contributed by atoms with E-state index in [1.54, 1.807) is 5.06 Å². The molecule has 5 nitrogen and oxygen atoms in total. The van der Waals surface area contributed by atoms with Gasteiger partial charge in [-0.05, 0) is 17.7 Å². The number of carbonyl (C=O) groups is 2. The molecule has 2 aliphatic heterocycles. The molecule has 2 aromatic rings. The first kappa shape index (κ1) is 13.0. The van der Waals surface area contributed by atoms with Crippen molar-refractivity contribution in [3.05, 3.63) is 66.2 Å². The zero-order valence-corrected chi connectivity index (χ0v) is 11.7. The molecular formula is C17H14N2O3. The fraction of sp³-hybridized carbons (Fsp3) is 0.176. The molecule has 2 amide bonds. The molecule has 0 saturated carbocycles. The van der Waals surface area contributed by atoms with Crippen LogP contribution in [-0.2, 0) is 14.4 Å². The summed E-state index contributed by atoms with van der Waals surface area (Å²) in [5.41, 5.74) is 1.77. The summed E-state index contributed by atoms with van der Waals surface area (Å²) in [6, 6.07) is 18.8. The van der Waals surface area contributed by atoms with Crippen molar-refractivity contribution < 1.29 is 14.4 Å². The summed E-state index contributed by atoms with van der Waals surface area (Å²) in [5.74, 6) is -1.17. The first-order valence-corrected chi connectivity index (χ1v) is 7.16. The fourth-order valence-corrected chi connectivity index (χ4v) is 3.12. The van der Waals surface area contributed by atoms with Gasteiger partial charge < -0.3 is 0 Å². The fourth-order valence-electron chi connectivity index (χ4n) is 3.12. The molecule has 0 bridgehead atoms. The topological polar surface area (TPSA) is 58.6 Å². The second kappa shape index (κ2) is 4.96. The summed E-state index contributed by atoms with van der Waals surface area (Å²) >= 11 is 0. The highest BCUT2D eigenvalue weighted by Crippen LogP contribution is 2.44. The number of hydrogen-bond acceptors (Lipinski definition) is 4. The van der Waals surface area contributed by atoms with Crippen LogP contribution < -0.4 is 10.4 Å². The number of anilines is 1. The van der Waals surface area contributed by atoms with Crippen LogP contribution in [0.5, 0.6) is 0 Å². The van der Waals surface area contributed by atoms with Gasteiger partial charge in [0.25, 0.3) is 5.91 Å². The van der Waals surface area contributed by atoms with Crippen LogP contribution in [0, 0.1) is 5.92 Å². The van der Waals surface area contributed by atoms with Crippen LogP contribution >= 0.6 is 0 Å². The minimum Gasteiger partial charge on any atom is -0.294 e. The molecule has 0 aliphatic carbocycles. The van der Waals surface area contributed by atoms with E-state index in [0.29, 0.717) is 0 Å². The van der Waals surface area contributed by atoms with Crippen molar-refractivity contribution in [2.45, 2.75) is 12.1 Å². The third-order valence-electron chi connectivity index (χ3n) is 4.11. The summed E-state index contributed by atoms with van der Waals surface area (Å²) < 4.78 is 0. The van der Waals surface area contributed by atoms with Gasteiger partial charge in [-0.25, -0.2) is 5.06 Å². The average Bonchev–Trinajstić information content (AvgIpc) is 3.08. The summed E-state index contributed by atoms with van der Waals surface area (Å²) in [6.07, 6.45) is -0.766. The molecule has 2 heterocycles. The summed E-state index contributed by atoms with van der Waals surface area (Å²) in [7, 11) is 0. The SMILES string of the molecule is O=C1NC(=O)[C@H]2ON(c3ccccc3)[C@@H](c3ccccc3)[C@@H]12. The van der Waals surface area contributed by atoms with Gasteiger partial charge in [-0.3, -0.25) is 19.7 Å². The lowest BCUT2D eigenvalue weighted by Crippen LogP contribution is -2.33. The van der Waals surface area contributed by atoms with Crippen LogP contribution in [0.15, 0.2) is 60.7 Å². The van der Waals surface area contributed by atoms with Crippen molar-refractivity contribution in [3.63, 3.8) is 0 Å². The van der Waals surface area contributed by atoms with Crippen molar-refractivity contribution in [3.8, 4) is 0 Å². The molecule has 2 aromatic carbocycles. The molecule has 1 N–H and O–H groups in total. The molecule has 110 valence electrons. The summed E-state index contributed by atoms with van der Waals surface area (Å²) in [6.45, 7) is 0. The van der Waals surface area contributed by atoms with Crippen molar-refractivity contribution in [1.29, 1.82) is 0 Å². The number of hydrogen-bond donors (Lipinski definition) is 1. The summed E-state index contributed by atoms with van der Waals surface area (Å²) in [5, 5.41) is 4.04. The van der Waals surface area contributed by atoms with Gasteiger partial charge in [0.15, 0.2) is 6.10 Å². The second-order valence-electron chi connectivity index (χ2n) is 5.42. The highest BCUT2D eigenvalue weighted by Gasteiger charge is 2.56. The van der Waals surface area contributed by atoms with Gasteiger partial charge in [0.05, 0.1) is 11.7 Å². The van der Waals surface area contributed by atoms with E-state index in [9.17, 15) is 9.59 Å². The normalized spacial score (nSPS) is 26.9. The van der Waals surface area contributed by atoms with Gasteiger partial charge in [0.1, 0.15) is 5.92 Å². The lowest BCUT2D eigenvalue weighted by Gasteiger charge is -2.27. The van der Waals surface area contributed by atoms with Crippen molar-refractivity contribution in [2.24, 2.45) is 5.92 Å². The van der Waals surface area contributed by atoms with Gasteiger partial charge in [0.2, 0.25) is 5.91 Å². The third kappa shape index (κ3) is 1.90. The van der Waals surface area contributed by atoms with Gasteiger partial charge in [0, 0.05) is 0 Å². The zero-order valence-electron chi connectivity index (χ0n) is 11.7. The Balaban J connectivity index is 1.81. The number of rotatable bonds is 2. The first-order valence-electron chi connectivity index (χ1n) is 7.16. The number of para-hydroxylation sites is 1. The molecular weight excluding hydrogens is 280 g/mol. The van der Waals surface area contributed by atoms with Crippen LogP contribution in [0.2, 0.25) is 0 Å². The maximum absolute atomic E-state index is 12.2. The highest BCUT2D eigenvalue weighted by molar-refractivity contribution is 6.07. The Morgan fingerprint density at radius 3 is 2.18 bits per heavy atom. The smallest absolute Gasteiger partial charge is 0.259 e. The quantitative estimate of drug-likeness (QED) is 0.858. The van der Waals surface area contributed by atoms with E-state index in [0.717, 1.165) is 11.3 Å². The predicted octanol–water partition coefficient (Wildman–Crippen LogP) is 1.82. The molecule has 2 aliphatic rings. The van der Waals surface area contributed by atoms with Crippen molar-refractivity contribution >= 4 is 17.5 Å². The first-order chi connectivity index (χ1) is 10.8. The van der Waals surface area contributed by atoms with E-state index < -0.39 is 12.0 Å². The standard InChI is InChI=1S/C17H14N2O3/c20-16-13-14(11-7-3-1-4-8-11)19(12-9-5-2-6-10-12)22-15(13)17(21)18-16/h1-10,13-15H,(H,18,20,21)/t13-,14+,15+/m1/s1. The van der Waals surface area contributed by atoms with Gasteiger partial charge in [-0.15, -0.1) is 0 Å². The minimum absolute atomic E-state index is 0.276. The van der Waals surface area contributed by atoms with Gasteiger partial charge in [-0.2, -0.15) is 0 Å². The lowest BCUT2D eigenvalue weighted by molar-refractivity contribution is -0.129. The van der Waals surface area contributed by atoms with E-state index in [-0.39, 0.29) is 17.9 Å². The van der Waals surface area contributed by atoms with Gasteiger partial charge >= 0.3 is 0 Å². The number of hydroxylamine groups is 1. The number of amides is 2. The Labute approximate surface area is 127 Å². The van der Waals surface area contributed by atoms with E-state index >= 15 is 0 Å². The molecule has 5 heteroatoms. The number of fused-ring (bicyclic) bond motifs is 1. The zero-order chi connectivity index (χ0) is 15.1. The Morgan fingerprint density at radius 1 is 0.864 bits per heavy atom. The molecule has 0 aromatic heterocycles. The van der Waals surface area contributed by atoms with E-state index in [1.165, 1.54) is 0 Å². The number of carbonyl (C=O) groups excluding carboxylic acids is 2. The maximum atomic E-state index is 12.2. The van der Waals surface area contributed by atoms with Crippen molar-refractivity contribution in [1.82, 2.24) is 5.32 Å². The van der Waals surface area contributed by atoms with E-state index in [1.807, 2.05) is 60.7 Å². The molecule has 3 atom stereocenters. The summed E-state index contributed by atoms with van der Waals surface area (Å²) in [4.78, 5) is 29.9. The third-order valence-corrected chi connectivity index (χ3v) is 4.11. The largest absolute Gasteiger partial charge is 0.294 e. The molecule has 0 unspecified atom stereocenters. The van der Waals surface area contributed by atoms with E-state index in [2.05, 4.69) is 5.32 Å². The Bertz CT molecular complexity index is 717. The van der Waals surface area contributed by atoms with Gasteiger partial charge in [-0.1, -0.05) is 48.5 Å².